The van der Waals surface area contributed by atoms with Gasteiger partial charge in [0.25, 0.3) is 0 Å². The highest BCUT2D eigenvalue weighted by molar-refractivity contribution is 7.89. The number of nitrogens with zero attached hydrogens (tertiary/aromatic N) is 2. The van der Waals surface area contributed by atoms with Crippen molar-refractivity contribution < 1.29 is 8.42 Å². The van der Waals surface area contributed by atoms with E-state index in [1.807, 2.05) is 13.0 Å². The number of halogens is 1. The topological polar surface area (TPSA) is 84.0 Å². The Bertz CT molecular complexity index is 760. The second kappa shape index (κ2) is 6.60. The Kier molecular flexibility index (Phi) is 5.00. The van der Waals surface area contributed by atoms with Gasteiger partial charge in [0, 0.05) is 12.1 Å². The van der Waals surface area contributed by atoms with E-state index < -0.39 is 10.0 Å². The van der Waals surface area contributed by atoms with E-state index in [1.165, 1.54) is 7.05 Å². The van der Waals surface area contributed by atoms with E-state index in [-0.39, 0.29) is 10.9 Å². The zero-order valence-electron chi connectivity index (χ0n) is 12.5. The average Bonchev–Trinajstić information content (AvgIpc) is 2.46. The van der Waals surface area contributed by atoms with E-state index in [2.05, 4.69) is 20.0 Å². The van der Waals surface area contributed by atoms with E-state index >= 15 is 0 Å². The van der Waals surface area contributed by atoms with Crippen LogP contribution in [0.4, 0.5) is 5.82 Å². The highest BCUT2D eigenvalue weighted by atomic mass is 35.5. The van der Waals surface area contributed by atoms with Crippen LogP contribution in [0.3, 0.4) is 0 Å². The van der Waals surface area contributed by atoms with Crippen molar-refractivity contribution in [3.63, 3.8) is 0 Å². The molecule has 0 amide bonds. The van der Waals surface area contributed by atoms with Gasteiger partial charge < -0.3 is 5.32 Å². The van der Waals surface area contributed by atoms with Crippen molar-refractivity contribution in [2.24, 2.45) is 0 Å². The van der Waals surface area contributed by atoms with E-state index in [9.17, 15) is 8.42 Å². The molecule has 1 aromatic carbocycles. The number of sulfonamides is 1. The molecule has 0 aliphatic rings. The summed E-state index contributed by atoms with van der Waals surface area (Å²) < 4.78 is 26.0. The summed E-state index contributed by atoms with van der Waals surface area (Å²) in [5, 5.41) is 3.54. The first-order valence-corrected chi connectivity index (χ1v) is 8.49. The van der Waals surface area contributed by atoms with Crippen LogP contribution in [0, 0.1) is 6.92 Å². The van der Waals surface area contributed by atoms with Crippen molar-refractivity contribution in [3.05, 3.63) is 46.9 Å². The molecular weight excluding hydrogens is 324 g/mol. The quantitative estimate of drug-likeness (QED) is 0.817. The third kappa shape index (κ3) is 3.94. The fourth-order valence-corrected chi connectivity index (χ4v) is 2.99. The van der Waals surface area contributed by atoms with Crippen LogP contribution >= 0.6 is 11.6 Å². The molecule has 0 radical (unpaired) electrons. The number of aryl methyl sites for hydroxylation is 1. The number of nitrogens with one attached hydrogen (secondary N) is 2. The maximum atomic E-state index is 11.9. The first-order valence-electron chi connectivity index (χ1n) is 6.63. The van der Waals surface area contributed by atoms with Crippen LogP contribution in [0.15, 0.2) is 35.2 Å². The summed E-state index contributed by atoms with van der Waals surface area (Å²) >= 11 is 5.90. The molecule has 0 saturated carbocycles. The monoisotopic (exact) mass is 340 g/mol. The molecule has 2 aromatic rings. The molecule has 2 N–H and O–H groups in total. The summed E-state index contributed by atoms with van der Waals surface area (Å²) in [6.07, 6.45) is 0. The Morgan fingerprint density at radius 1 is 1.23 bits per heavy atom. The number of rotatable bonds is 5. The van der Waals surface area contributed by atoms with Gasteiger partial charge in [-0.1, -0.05) is 23.7 Å². The van der Waals surface area contributed by atoms with Crippen molar-refractivity contribution >= 4 is 27.4 Å². The average molecular weight is 341 g/mol. The van der Waals surface area contributed by atoms with E-state index in [1.54, 1.807) is 31.2 Å². The van der Waals surface area contributed by atoms with Gasteiger partial charge in [-0.15, -0.1) is 0 Å². The molecule has 22 heavy (non-hydrogen) atoms. The summed E-state index contributed by atoms with van der Waals surface area (Å²) in [4.78, 5) is 8.47. The lowest BCUT2D eigenvalue weighted by Gasteiger charge is -2.16. The molecule has 6 nitrogen and oxygen atoms in total. The normalized spacial score (nSPS) is 12.9. The Morgan fingerprint density at radius 3 is 2.59 bits per heavy atom. The smallest absolute Gasteiger partial charge is 0.240 e. The minimum Gasteiger partial charge on any atom is -0.363 e. The van der Waals surface area contributed by atoms with Crippen LogP contribution in [-0.4, -0.2) is 25.4 Å². The third-order valence-electron chi connectivity index (χ3n) is 3.11. The van der Waals surface area contributed by atoms with E-state index in [4.69, 9.17) is 11.6 Å². The van der Waals surface area contributed by atoms with Crippen LogP contribution < -0.4 is 10.0 Å². The Morgan fingerprint density at radius 2 is 1.95 bits per heavy atom. The SMILES string of the molecule is CNS(=O)(=O)c1cccc(C(C)Nc2cc(Cl)nc(C)n2)c1. The molecule has 0 aliphatic carbocycles. The van der Waals surface area contributed by atoms with Crippen molar-refractivity contribution in [2.45, 2.75) is 24.8 Å². The molecule has 0 fully saturated rings. The molecule has 118 valence electrons. The third-order valence-corrected chi connectivity index (χ3v) is 4.71. The highest BCUT2D eigenvalue weighted by Crippen LogP contribution is 2.22. The minimum absolute atomic E-state index is 0.141. The first-order chi connectivity index (χ1) is 10.3. The fraction of sp³-hybridized carbons (Fsp3) is 0.286. The molecule has 8 heteroatoms. The predicted octanol–water partition coefficient (Wildman–Crippen LogP) is 2.52. The number of hydrogen-bond acceptors (Lipinski definition) is 5. The summed E-state index contributed by atoms with van der Waals surface area (Å²) in [6, 6.07) is 8.21. The standard InChI is InChI=1S/C14H17ClN4O2S/c1-9(17-14-8-13(15)18-10(2)19-14)11-5-4-6-12(7-11)22(20,21)16-3/h4-9,16H,1-3H3,(H,17,18,19). The number of benzene rings is 1. The fourth-order valence-electron chi connectivity index (χ4n) is 1.98. The summed E-state index contributed by atoms with van der Waals surface area (Å²) in [7, 11) is -2.08. The van der Waals surface area contributed by atoms with Gasteiger partial charge in [0.05, 0.1) is 4.90 Å². The van der Waals surface area contributed by atoms with Gasteiger partial charge in [0.1, 0.15) is 16.8 Å². The summed E-state index contributed by atoms with van der Waals surface area (Å²) in [6.45, 7) is 3.66. The molecule has 0 aliphatic heterocycles. The van der Waals surface area contributed by atoms with Crippen LogP contribution in [0.5, 0.6) is 0 Å². The Hall–Kier alpha value is -1.70. The highest BCUT2D eigenvalue weighted by Gasteiger charge is 2.14. The maximum Gasteiger partial charge on any atom is 0.240 e. The molecule has 2 rings (SSSR count). The minimum atomic E-state index is -3.47. The van der Waals surface area contributed by atoms with Gasteiger partial charge in [-0.3, -0.25) is 0 Å². The molecule has 0 spiro atoms. The molecule has 1 unspecified atom stereocenters. The molecular formula is C14H17ClN4O2S. The lowest BCUT2D eigenvalue weighted by atomic mass is 10.1. The van der Waals surface area contributed by atoms with Crippen LogP contribution in [0.1, 0.15) is 24.4 Å². The Labute approximate surface area is 135 Å². The number of aromatic nitrogens is 2. The second-order valence-electron chi connectivity index (χ2n) is 4.77. The lowest BCUT2D eigenvalue weighted by Crippen LogP contribution is -2.19. The van der Waals surface area contributed by atoms with Crippen LogP contribution in [0.25, 0.3) is 0 Å². The van der Waals surface area contributed by atoms with Crippen molar-refractivity contribution in [3.8, 4) is 0 Å². The van der Waals surface area contributed by atoms with Crippen molar-refractivity contribution in [2.75, 3.05) is 12.4 Å². The Balaban J connectivity index is 2.26. The largest absolute Gasteiger partial charge is 0.363 e. The van der Waals surface area contributed by atoms with Gasteiger partial charge >= 0.3 is 0 Å². The maximum absolute atomic E-state index is 11.9. The number of hydrogen-bond donors (Lipinski definition) is 2. The van der Waals surface area contributed by atoms with Gasteiger partial charge in [0.15, 0.2) is 0 Å². The van der Waals surface area contributed by atoms with Gasteiger partial charge in [-0.25, -0.2) is 23.1 Å². The lowest BCUT2D eigenvalue weighted by molar-refractivity contribution is 0.588. The summed E-state index contributed by atoms with van der Waals surface area (Å²) in [5.74, 6) is 1.15. The van der Waals surface area contributed by atoms with Crippen LogP contribution in [-0.2, 0) is 10.0 Å². The molecule has 0 saturated heterocycles. The zero-order valence-corrected chi connectivity index (χ0v) is 14.0. The van der Waals surface area contributed by atoms with Crippen molar-refractivity contribution in [1.29, 1.82) is 0 Å². The van der Waals surface area contributed by atoms with Gasteiger partial charge in [-0.05, 0) is 38.6 Å². The van der Waals surface area contributed by atoms with Crippen molar-refractivity contribution in [1.82, 2.24) is 14.7 Å². The summed E-state index contributed by atoms with van der Waals surface area (Å²) in [5.41, 5.74) is 0.823. The molecule has 1 atom stereocenters. The van der Waals surface area contributed by atoms with Crippen LogP contribution in [0.2, 0.25) is 5.15 Å². The second-order valence-corrected chi connectivity index (χ2v) is 7.04. The molecule has 1 aromatic heterocycles. The first kappa shape index (κ1) is 16.7. The molecule has 1 heterocycles. The predicted molar refractivity (Wildman–Crippen MR) is 86.5 cm³/mol. The van der Waals surface area contributed by atoms with Gasteiger partial charge in [0.2, 0.25) is 10.0 Å². The zero-order chi connectivity index (χ0) is 16.3. The van der Waals surface area contributed by atoms with E-state index in [0.717, 1.165) is 5.56 Å². The van der Waals surface area contributed by atoms with E-state index in [0.29, 0.717) is 16.8 Å². The number of anilines is 1. The van der Waals surface area contributed by atoms with Gasteiger partial charge in [-0.2, -0.15) is 0 Å². The molecule has 0 bridgehead atoms.